The van der Waals surface area contributed by atoms with Crippen molar-refractivity contribution in [2.45, 2.75) is 39.2 Å². The van der Waals surface area contributed by atoms with Gasteiger partial charge in [0.1, 0.15) is 6.54 Å². The first-order chi connectivity index (χ1) is 11.5. The number of hydrogen-bond donors (Lipinski definition) is 2. The Morgan fingerprint density at radius 3 is 2.64 bits per heavy atom. The predicted octanol–water partition coefficient (Wildman–Crippen LogP) is 4.11. The highest BCUT2D eigenvalue weighted by molar-refractivity contribution is 14.0. The van der Waals surface area contributed by atoms with Gasteiger partial charge in [-0.3, -0.25) is 0 Å². The molecule has 0 aliphatic heterocycles. The Kier molecular flexibility index (Phi) is 9.37. The van der Waals surface area contributed by atoms with Gasteiger partial charge in [0.05, 0.1) is 12.6 Å². The number of rotatable bonds is 8. The van der Waals surface area contributed by atoms with Gasteiger partial charge in [-0.2, -0.15) is 0 Å². The number of guanidine groups is 1. The van der Waals surface area contributed by atoms with E-state index in [1.807, 2.05) is 13.8 Å². The fraction of sp³-hybridized carbons (Fsp3) is 0.588. The molecule has 0 amide bonds. The van der Waals surface area contributed by atoms with Crippen molar-refractivity contribution in [3.63, 3.8) is 0 Å². The van der Waals surface area contributed by atoms with Gasteiger partial charge in [0.15, 0.2) is 17.5 Å². The Bertz CT molecular complexity index is 568. The third-order valence-corrected chi connectivity index (χ3v) is 3.71. The van der Waals surface area contributed by atoms with Gasteiger partial charge in [0.25, 0.3) is 6.43 Å². The number of nitrogens with zero attached hydrogens (tertiary/aromatic N) is 1. The molecular weight excluding hydrogens is 446 g/mol. The van der Waals surface area contributed by atoms with E-state index in [4.69, 9.17) is 4.74 Å². The molecule has 2 rings (SSSR count). The molecule has 0 saturated heterocycles. The molecule has 1 aliphatic carbocycles. The molecular formula is C17H25F3IN3O. The lowest BCUT2D eigenvalue weighted by Gasteiger charge is -2.19. The standard InChI is InChI=1S/C17H24F3N3O.HI/c1-3-21-17(22-9-16(19)20)23-11(2)13-6-7-15(14(18)8-13)24-10-12-4-5-12;/h6-8,11-12,16H,3-5,9-10H2,1-2H3,(H2,21,22,23);1H. The van der Waals surface area contributed by atoms with Gasteiger partial charge < -0.3 is 15.4 Å². The first-order valence-electron chi connectivity index (χ1n) is 8.24. The largest absolute Gasteiger partial charge is 0.490 e. The molecule has 1 unspecified atom stereocenters. The summed E-state index contributed by atoms with van der Waals surface area (Å²) in [6.45, 7) is 4.17. The van der Waals surface area contributed by atoms with Crippen LogP contribution in [-0.4, -0.2) is 32.1 Å². The summed E-state index contributed by atoms with van der Waals surface area (Å²) in [7, 11) is 0. The normalized spacial score (nSPS) is 15.5. The quantitative estimate of drug-likeness (QED) is 0.341. The van der Waals surface area contributed by atoms with E-state index in [1.54, 1.807) is 12.1 Å². The minimum absolute atomic E-state index is 0. The Morgan fingerprint density at radius 2 is 2.08 bits per heavy atom. The van der Waals surface area contributed by atoms with Crippen LogP contribution in [0.25, 0.3) is 0 Å². The van der Waals surface area contributed by atoms with Gasteiger partial charge in [-0.1, -0.05) is 6.07 Å². The van der Waals surface area contributed by atoms with Gasteiger partial charge in [-0.25, -0.2) is 18.2 Å². The van der Waals surface area contributed by atoms with E-state index in [-0.39, 0.29) is 41.7 Å². The lowest BCUT2D eigenvalue weighted by molar-refractivity contribution is 0.158. The summed E-state index contributed by atoms with van der Waals surface area (Å²) in [4.78, 5) is 3.80. The summed E-state index contributed by atoms with van der Waals surface area (Å²) < 4.78 is 44.2. The maximum absolute atomic E-state index is 14.1. The third kappa shape index (κ3) is 7.70. The molecule has 1 aliphatic rings. The summed E-state index contributed by atoms with van der Waals surface area (Å²) in [5.74, 6) is 0.658. The van der Waals surface area contributed by atoms with Crippen LogP contribution in [0.4, 0.5) is 13.2 Å². The zero-order valence-corrected chi connectivity index (χ0v) is 16.7. The molecule has 4 nitrogen and oxygen atoms in total. The lowest BCUT2D eigenvalue weighted by atomic mass is 10.1. The lowest BCUT2D eigenvalue weighted by Crippen LogP contribution is -2.39. The number of halogens is 4. The van der Waals surface area contributed by atoms with Crippen molar-refractivity contribution in [3.8, 4) is 5.75 Å². The van der Waals surface area contributed by atoms with E-state index in [1.165, 1.54) is 6.07 Å². The van der Waals surface area contributed by atoms with E-state index < -0.39 is 18.8 Å². The van der Waals surface area contributed by atoms with Gasteiger partial charge >= 0.3 is 0 Å². The molecule has 1 fully saturated rings. The van der Waals surface area contributed by atoms with Crippen LogP contribution in [0.15, 0.2) is 23.2 Å². The molecule has 142 valence electrons. The summed E-state index contributed by atoms with van der Waals surface area (Å²) in [5, 5.41) is 5.89. The molecule has 1 atom stereocenters. The van der Waals surface area contributed by atoms with Gasteiger partial charge in [-0.05, 0) is 50.3 Å². The summed E-state index contributed by atoms with van der Waals surface area (Å²) in [6, 6.07) is 4.48. The first-order valence-corrected chi connectivity index (χ1v) is 8.24. The van der Waals surface area contributed by atoms with Crippen LogP contribution in [0.2, 0.25) is 0 Å². The summed E-state index contributed by atoms with van der Waals surface area (Å²) >= 11 is 0. The van der Waals surface area contributed by atoms with E-state index in [9.17, 15) is 13.2 Å². The van der Waals surface area contributed by atoms with Crippen LogP contribution >= 0.6 is 24.0 Å². The fourth-order valence-electron chi connectivity index (χ4n) is 2.16. The summed E-state index contributed by atoms with van der Waals surface area (Å²) in [5.41, 5.74) is 0.689. The Morgan fingerprint density at radius 1 is 1.36 bits per heavy atom. The Labute approximate surface area is 163 Å². The SMILES string of the molecule is CCNC(=NCC(F)F)NC(C)c1ccc(OCC2CC2)c(F)c1.I. The smallest absolute Gasteiger partial charge is 0.257 e. The number of hydrogen-bond acceptors (Lipinski definition) is 2. The molecule has 1 aromatic carbocycles. The van der Waals surface area contributed by atoms with E-state index in [0.29, 0.717) is 24.6 Å². The highest BCUT2D eigenvalue weighted by Crippen LogP contribution is 2.30. The second-order valence-corrected chi connectivity index (χ2v) is 5.92. The van der Waals surface area contributed by atoms with Crippen LogP contribution in [0, 0.1) is 11.7 Å². The van der Waals surface area contributed by atoms with Crippen molar-refractivity contribution < 1.29 is 17.9 Å². The molecule has 0 bridgehead atoms. The molecule has 0 radical (unpaired) electrons. The van der Waals surface area contributed by atoms with Crippen LogP contribution in [0.5, 0.6) is 5.75 Å². The summed E-state index contributed by atoms with van der Waals surface area (Å²) in [6.07, 6.45) is -0.214. The Hall–Kier alpha value is -1.19. The molecule has 0 heterocycles. The second kappa shape index (κ2) is 10.7. The van der Waals surface area contributed by atoms with Crippen molar-refractivity contribution in [1.29, 1.82) is 0 Å². The zero-order chi connectivity index (χ0) is 17.5. The molecule has 2 N–H and O–H groups in total. The van der Waals surface area contributed by atoms with Gasteiger partial charge in [0.2, 0.25) is 0 Å². The number of ether oxygens (including phenoxy) is 1. The second-order valence-electron chi connectivity index (χ2n) is 5.92. The van der Waals surface area contributed by atoms with Crippen LogP contribution in [0.3, 0.4) is 0 Å². The van der Waals surface area contributed by atoms with Crippen molar-refractivity contribution in [3.05, 3.63) is 29.6 Å². The molecule has 0 aromatic heterocycles. The van der Waals surface area contributed by atoms with E-state index in [2.05, 4.69) is 15.6 Å². The van der Waals surface area contributed by atoms with Crippen LogP contribution in [0.1, 0.15) is 38.3 Å². The zero-order valence-electron chi connectivity index (χ0n) is 14.4. The molecule has 1 aromatic rings. The highest BCUT2D eigenvalue weighted by atomic mass is 127. The monoisotopic (exact) mass is 471 g/mol. The average molecular weight is 471 g/mol. The highest BCUT2D eigenvalue weighted by Gasteiger charge is 2.22. The number of aliphatic imine (C=N–C) groups is 1. The van der Waals surface area contributed by atoms with Gasteiger partial charge in [0, 0.05) is 6.54 Å². The third-order valence-electron chi connectivity index (χ3n) is 3.71. The van der Waals surface area contributed by atoms with E-state index in [0.717, 1.165) is 12.8 Å². The number of alkyl halides is 2. The first kappa shape index (κ1) is 21.9. The minimum atomic E-state index is -2.50. The van der Waals surface area contributed by atoms with Crippen molar-refractivity contribution in [1.82, 2.24) is 10.6 Å². The fourth-order valence-corrected chi connectivity index (χ4v) is 2.16. The van der Waals surface area contributed by atoms with Crippen LogP contribution in [-0.2, 0) is 0 Å². The maximum Gasteiger partial charge on any atom is 0.257 e. The van der Waals surface area contributed by atoms with Crippen molar-refractivity contribution >= 4 is 29.9 Å². The van der Waals surface area contributed by atoms with Crippen molar-refractivity contribution in [2.24, 2.45) is 10.9 Å². The topological polar surface area (TPSA) is 45.7 Å². The molecule has 0 spiro atoms. The average Bonchev–Trinajstić information content (AvgIpc) is 3.35. The maximum atomic E-state index is 14.1. The Balaban J connectivity index is 0.00000312. The van der Waals surface area contributed by atoms with Crippen molar-refractivity contribution in [2.75, 3.05) is 19.7 Å². The number of nitrogens with one attached hydrogen (secondary N) is 2. The minimum Gasteiger partial charge on any atom is -0.490 e. The number of benzene rings is 1. The van der Waals surface area contributed by atoms with Gasteiger partial charge in [-0.15, -0.1) is 24.0 Å². The molecule has 1 saturated carbocycles. The molecule has 25 heavy (non-hydrogen) atoms. The molecule has 8 heteroatoms. The van der Waals surface area contributed by atoms with Crippen LogP contribution < -0.4 is 15.4 Å². The predicted molar refractivity (Wildman–Crippen MR) is 104 cm³/mol. The van der Waals surface area contributed by atoms with E-state index >= 15 is 0 Å².